The number of carbonyl (C=O) groups is 2. The molecule has 0 saturated heterocycles. The number of carbonyl (C=O) groups excluding carboxylic acids is 2. The first-order valence-electron chi connectivity index (χ1n) is 6.76. The zero-order valence-corrected chi connectivity index (χ0v) is 13.2. The molecule has 0 aliphatic rings. The van der Waals surface area contributed by atoms with Gasteiger partial charge in [0.15, 0.2) is 11.5 Å². The van der Waals surface area contributed by atoms with Crippen LogP contribution in [0.15, 0.2) is 23.2 Å². The Morgan fingerprint density at radius 3 is 2.14 bits per heavy atom. The molecule has 0 aromatic heterocycles. The van der Waals surface area contributed by atoms with Crippen molar-refractivity contribution in [3.63, 3.8) is 0 Å². The molecule has 0 saturated carbocycles. The first-order valence-corrected chi connectivity index (χ1v) is 6.76. The summed E-state index contributed by atoms with van der Waals surface area (Å²) < 4.78 is 10.4. The molecule has 2 N–H and O–H groups in total. The average Bonchev–Trinajstić information content (AvgIpc) is 2.45. The van der Waals surface area contributed by atoms with Crippen molar-refractivity contribution in [1.82, 2.24) is 10.6 Å². The van der Waals surface area contributed by atoms with Crippen molar-refractivity contribution in [2.45, 2.75) is 20.3 Å². The van der Waals surface area contributed by atoms with Crippen molar-refractivity contribution in [3.8, 4) is 11.5 Å². The summed E-state index contributed by atoms with van der Waals surface area (Å²) in [6.45, 7) is 3.11. The summed E-state index contributed by atoms with van der Waals surface area (Å²) in [5, 5.41) is 4.95. The fraction of sp³-hybridized carbons (Fsp3) is 0.400. The third-order valence-corrected chi connectivity index (χ3v) is 2.71. The molecular formula is C15H21N3O4. The van der Waals surface area contributed by atoms with Crippen LogP contribution in [0.2, 0.25) is 0 Å². The van der Waals surface area contributed by atoms with E-state index in [1.165, 1.54) is 13.8 Å². The summed E-state index contributed by atoms with van der Waals surface area (Å²) in [6, 6.07) is 5.60. The minimum absolute atomic E-state index is 0.153. The molecule has 0 aliphatic heterocycles. The summed E-state index contributed by atoms with van der Waals surface area (Å²) in [6.07, 6.45) is 0.628. The molecule has 120 valence electrons. The van der Waals surface area contributed by atoms with Gasteiger partial charge in [0.2, 0.25) is 17.8 Å². The summed E-state index contributed by atoms with van der Waals surface area (Å²) in [4.78, 5) is 26.3. The Bertz CT molecular complexity index is 552. The van der Waals surface area contributed by atoms with E-state index in [4.69, 9.17) is 9.47 Å². The predicted molar refractivity (Wildman–Crippen MR) is 83.2 cm³/mol. The molecule has 0 fully saturated rings. The van der Waals surface area contributed by atoms with Crippen molar-refractivity contribution in [1.29, 1.82) is 0 Å². The van der Waals surface area contributed by atoms with E-state index in [0.29, 0.717) is 24.5 Å². The van der Waals surface area contributed by atoms with E-state index in [9.17, 15) is 9.59 Å². The second-order valence-electron chi connectivity index (χ2n) is 4.53. The van der Waals surface area contributed by atoms with Gasteiger partial charge in [-0.25, -0.2) is 0 Å². The second kappa shape index (κ2) is 8.66. The van der Waals surface area contributed by atoms with E-state index in [1.54, 1.807) is 14.2 Å². The van der Waals surface area contributed by atoms with Gasteiger partial charge in [-0.3, -0.25) is 25.2 Å². The molecule has 0 spiro atoms. The highest BCUT2D eigenvalue weighted by molar-refractivity contribution is 6.03. The zero-order valence-electron chi connectivity index (χ0n) is 13.2. The summed E-state index contributed by atoms with van der Waals surface area (Å²) in [5.74, 6) is 0.873. The molecule has 22 heavy (non-hydrogen) atoms. The lowest BCUT2D eigenvalue weighted by molar-refractivity contribution is -0.117. The molecule has 7 heteroatoms. The van der Waals surface area contributed by atoms with Crippen LogP contribution in [-0.4, -0.2) is 38.5 Å². The van der Waals surface area contributed by atoms with Crippen molar-refractivity contribution in [3.05, 3.63) is 23.8 Å². The van der Waals surface area contributed by atoms with Gasteiger partial charge in [-0.05, 0) is 24.1 Å². The third-order valence-electron chi connectivity index (χ3n) is 2.71. The molecule has 1 rings (SSSR count). The Hall–Kier alpha value is -2.57. The van der Waals surface area contributed by atoms with Gasteiger partial charge < -0.3 is 9.47 Å². The highest BCUT2D eigenvalue weighted by atomic mass is 16.5. The molecule has 0 aliphatic carbocycles. The number of methoxy groups -OCH3 is 2. The molecule has 2 amide bonds. The van der Waals surface area contributed by atoms with Crippen LogP contribution in [0.3, 0.4) is 0 Å². The molecule has 0 heterocycles. The van der Waals surface area contributed by atoms with Crippen molar-refractivity contribution in [2.75, 3.05) is 20.8 Å². The Morgan fingerprint density at radius 1 is 1.05 bits per heavy atom. The Labute approximate surface area is 129 Å². The van der Waals surface area contributed by atoms with Crippen LogP contribution in [0, 0.1) is 0 Å². The van der Waals surface area contributed by atoms with E-state index >= 15 is 0 Å². The smallest absolute Gasteiger partial charge is 0.223 e. The number of aliphatic imine (C=N–C) groups is 1. The number of nitrogens with zero attached hydrogens (tertiary/aromatic N) is 1. The fourth-order valence-electron chi connectivity index (χ4n) is 1.78. The number of ether oxygens (including phenoxy) is 2. The normalized spacial score (nSPS) is 9.64. The first kappa shape index (κ1) is 17.5. The Morgan fingerprint density at radius 2 is 1.64 bits per heavy atom. The number of amides is 2. The topological polar surface area (TPSA) is 89.0 Å². The maximum atomic E-state index is 11.0. The quantitative estimate of drug-likeness (QED) is 0.624. The maximum Gasteiger partial charge on any atom is 0.223 e. The highest BCUT2D eigenvalue weighted by Gasteiger charge is 2.06. The van der Waals surface area contributed by atoms with Crippen molar-refractivity contribution in [2.24, 2.45) is 4.99 Å². The molecule has 0 unspecified atom stereocenters. The lowest BCUT2D eigenvalue weighted by Crippen LogP contribution is -2.42. The zero-order chi connectivity index (χ0) is 16.5. The molecule has 0 radical (unpaired) electrons. The molecule has 1 aromatic carbocycles. The molecular weight excluding hydrogens is 286 g/mol. The van der Waals surface area contributed by atoms with Crippen molar-refractivity contribution < 1.29 is 19.1 Å². The minimum Gasteiger partial charge on any atom is -0.493 e. The van der Waals surface area contributed by atoms with Gasteiger partial charge in [-0.1, -0.05) is 6.07 Å². The highest BCUT2D eigenvalue weighted by Crippen LogP contribution is 2.27. The van der Waals surface area contributed by atoms with Crippen LogP contribution < -0.4 is 20.1 Å². The third kappa shape index (κ3) is 5.82. The summed E-state index contributed by atoms with van der Waals surface area (Å²) >= 11 is 0. The molecule has 0 bridgehead atoms. The van der Waals surface area contributed by atoms with Crippen LogP contribution >= 0.6 is 0 Å². The van der Waals surface area contributed by atoms with Crippen LogP contribution in [0.25, 0.3) is 0 Å². The van der Waals surface area contributed by atoms with Crippen LogP contribution in [-0.2, 0) is 16.0 Å². The number of guanidine groups is 1. The van der Waals surface area contributed by atoms with Crippen molar-refractivity contribution >= 4 is 17.8 Å². The number of hydrogen-bond acceptors (Lipinski definition) is 5. The van der Waals surface area contributed by atoms with Crippen LogP contribution in [0.5, 0.6) is 11.5 Å². The lowest BCUT2D eigenvalue weighted by Gasteiger charge is -2.10. The van der Waals surface area contributed by atoms with Gasteiger partial charge in [0.25, 0.3) is 0 Å². The Kier molecular flexibility index (Phi) is 6.88. The van der Waals surface area contributed by atoms with Gasteiger partial charge in [-0.2, -0.15) is 0 Å². The van der Waals surface area contributed by atoms with E-state index in [-0.39, 0.29) is 17.8 Å². The van der Waals surface area contributed by atoms with Gasteiger partial charge in [0, 0.05) is 20.4 Å². The average molecular weight is 307 g/mol. The predicted octanol–water partition coefficient (Wildman–Crippen LogP) is 0.874. The second-order valence-corrected chi connectivity index (χ2v) is 4.53. The molecule has 1 aromatic rings. The van der Waals surface area contributed by atoms with Gasteiger partial charge >= 0.3 is 0 Å². The number of benzene rings is 1. The lowest BCUT2D eigenvalue weighted by atomic mass is 10.1. The van der Waals surface area contributed by atoms with Gasteiger partial charge in [0.05, 0.1) is 14.2 Å². The SMILES string of the molecule is COc1ccc(CCN=C(NC(C)=O)NC(C)=O)cc1OC. The van der Waals surface area contributed by atoms with E-state index < -0.39 is 0 Å². The molecule has 0 atom stereocenters. The fourth-order valence-corrected chi connectivity index (χ4v) is 1.78. The van der Waals surface area contributed by atoms with Crippen LogP contribution in [0.4, 0.5) is 0 Å². The monoisotopic (exact) mass is 307 g/mol. The Balaban J connectivity index is 2.72. The van der Waals surface area contributed by atoms with E-state index in [0.717, 1.165) is 5.56 Å². The minimum atomic E-state index is -0.293. The van der Waals surface area contributed by atoms with E-state index in [1.807, 2.05) is 18.2 Å². The summed E-state index contributed by atoms with van der Waals surface area (Å²) in [5.41, 5.74) is 1.01. The standard InChI is InChI=1S/C15H21N3O4/c1-10(19)17-15(18-11(2)20)16-8-7-12-5-6-13(21-3)14(9-12)22-4/h5-6,9H,7-8H2,1-4H3,(H2,16,17,18,19,20). The van der Waals surface area contributed by atoms with E-state index in [2.05, 4.69) is 15.6 Å². The number of rotatable bonds is 5. The van der Waals surface area contributed by atoms with Gasteiger partial charge in [-0.15, -0.1) is 0 Å². The number of nitrogens with one attached hydrogen (secondary N) is 2. The molecule has 7 nitrogen and oxygen atoms in total. The largest absolute Gasteiger partial charge is 0.493 e. The van der Waals surface area contributed by atoms with Crippen LogP contribution in [0.1, 0.15) is 19.4 Å². The van der Waals surface area contributed by atoms with Gasteiger partial charge in [0.1, 0.15) is 0 Å². The summed E-state index contributed by atoms with van der Waals surface area (Å²) in [7, 11) is 3.15. The maximum absolute atomic E-state index is 11.0. The number of hydrogen-bond donors (Lipinski definition) is 2. The first-order chi connectivity index (χ1) is 10.5.